The lowest BCUT2D eigenvalue weighted by Gasteiger charge is -2.28. The van der Waals surface area contributed by atoms with Crippen molar-refractivity contribution in [1.82, 2.24) is 10.2 Å². The van der Waals surface area contributed by atoms with Crippen molar-refractivity contribution in [2.45, 2.75) is 83.8 Å². The molecule has 0 radical (unpaired) electrons. The molecule has 2 amide bonds. The fraction of sp³-hybridized carbons (Fsp3) is 0.889. The van der Waals surface area contributed by atoms with Gasteiger partial charge in [-0.05, 0) is 52.4 Å². The van der Waals surface area contributed by atoms with E-state index in [-0.39, 0.29) is 18.0 Å². The van der Waals surface area contributed by atoms with E-state index < -0.39 is 5.60 Å². The number of amides is 2. The minimum absolute atomic E-state index is 0.0280. The van der Waals surface area contributed by atoms with Crippen LogP contribution in [0.1, 0.15) is 72.1 Å². The minimum Gasteiger partial charge on any atom is -0.444 e. The average Bonchev–Trinajstić information content (AvgIpc) is 3.12. The largest absolute Gasteiger partial charge is 0.444 e. The van der Waals surface area contributed by atoms with Gasteiger partial charge in [0, 0.05) is 13.1 Å². The van der Waals surface area contributed by atoms with E-state index >= 15 is 0 Å². The Morgan fingerprint density at radius 2 is 1.83 bits per heavy atom. The van der Waals surface area contributed by atoms with Crippen LogP contribution < -0.4 is 5.32 Å². The lowest BCUT2D eigenvalue weighted by molar-refractivity contribution is -0.125. The molecule has 0 bridgehead atoms. The van der Waals surface area contributed by atoms with Crippen molar-refractivity contribution in [2.24, 2.45) is 5.92 Å². The Bertz CT molecular complexity index is 411. The number of nitrogens with zero attached hydrogens (tertiary/aromatic N) is 1. The molecule has 2 aliphatic rings. The summed E-state index contributed by atoms with van der Waals surface area (Å²) < 4.78 is 5.40. The van der Waals surface area contributed by atoms with Crippen LogP contribution in [0.3, 0.4) is 0 Å². The Kier molecular flexibility index (Phi) is 6.31. The second kappa shape index (κ2) is 8.02. The molecule has 0 aromatic carbocycles. The first-order valence-corrected chi connectivity index (χ1v) is 9.14. The monoisotopic (exact) mass is 324 g/mol. The first-order chi connectivity index (χ1) is 10.9. The third-order valence-corrected chi connectivity index (χ3v) is 4.75. The summed E-state index contributed by atoms with van der Waals surface area (Å²) in [6.07, 6.45) is 8.89. The van der Waals surface area contributed by atoms with Crippen LogP contribution in [-0.2, 0) is 9.53 Å². The highest BCUT2D eigenvalue weighted by Gasteiger charge is 2.36. The van der Waals surface area contributed by atoms with E-state index in [2.05, 4.69) is 5.32 Å². The van der Waals surface area contributed by atoms with Crippen molar-refractivity contribution >= 4 is 12.0 Å². The van der Waals surface area contributed by atoms with Gasteiger partial charge in [-0.25, -0.2) is 4.79 Å². The van der Waals surface area contributed by atoms with Crippen LogP contribution >= 0.6 is 0 Å². The zero-order valence-corrected chi connectivity index (χ0v) is 14.9. The lowest BCUT2D eigenvalue weighted by Crippen LogP contribution is -2.47. The van der Waals surface area contributed by atoms with E-state index in [1.54, 1.807) is 4.90 Å². The third-order valence-electron chi connectivity index (χ3n) is 4.75. The second-order valence-corrected chi connectivity index (χ2v) is 7.92. The number of carbonyl (C=O) groups is 2. The van der Waals surface area contributed by atoms with Crippen LogP contribution in [-0.4, -0.2) is 41.6 Å². The normalized spacial score (nSPS) is 22.4. The molecule has 0 aromatic heterocycles. The molecule has 2 fully saturated rings. The molecule has 0 aromatic rings. The average molecular weight is 324 g/mol. The van der Waals surface area contributed by atoms with E-state index in [1.165, 1.54) is 32.1 Å². The van der Waals surface area contributed by atoms with Crippen LogP contribution in [0.4, 0.5) is 4.79 Å². The Labute approximate surface area is 140 Å². The van der Waals surface area contributed by atoms with E-state index in [4.69, 9.17) is 4.74 Å². The predicted octanol–water partition coefficient (Wildman–Crippen LogP) is 3.47. The SMILES string of the molecule is CC(C)(C)OC(=O)N1CCCC1C(=O)NCCCC1CCCC1. The maximum atomic E-state index is 12.4. The summed E-state index contributed by atoms with van der Waals surface area (Å²) in [4.78, 5) is 26.1. The number of rotatable bonds is 5. The number of nitrogens with one attached hydrogen (secondary N) is 1. The molecule has 1 N–H and O–H groups in total. The maximum Gasteiger partial charge on any atom is 0.410 e. The number of hydrogen-bond acceptors (Lipinski definition) is 3. The van der Waals surface area contributed by atoms with Crippen molar-refractivity contribution in [1.29, 1.82) is 0 Å². The first-order valence-electron chi connectivity index (χ1n) is 9.14. The molecule has 5 nitrogen and oxygen atoms in total. The Morgan fingerprint density at radius 3 is 2.48 bits per heavy atom. The third kappa shape index (κ3) is 5.70. The molecule has 1 unspecified atom stereocenters. The van der Waals surface area contributed by atoms with Gasteiger partial charge in [0.1, 0.15) is 11.6 Å². The van der Waals surface area contributed by atoms with Crippen LogP contribution in [0, 0.1) is 5.92 Å². The standard InChI is InChI=1S/C18H32N2O3/c1-18(2,3)23-17(22)20-13-7-11-15(20)16(21)19-12-6-10-14-8-4-5-9-14/h14-15H,4-13H2,1-3H3,(H,19,21). The molecule has 5 heteroatoms. The van der Waals surface area contributed by atoms with Gasteiger partial charge in [0.15, 0.2) is 0 Å². The van der Waals surface area contributed by atoms with Crippen molar-refractivity contribution in [2.75, 3.05) is 13.1 Å². The molecular weight excluding hydrogens is 292 g/mol. The summed E-state index contributed by atoms with van der Waals surface area (Å²) in [5.41, 5.74) is -0.526. The summed E-state index contributed by atoms with van der Waals surface area (Å²) in [6, 6.07) is -0.365. The van der Waals surface area contributed by atoms with Gasteiger partial charge >= 0.3 is 6.09 Å². The van der Waals surface area contributed by atoms with Crippen molar-refractivity contribution in [3.63, 3.8) is 0 Å². The highest BCUT2D eigenvalue weighted by molar-refractivity contribution is 5.86. The van der Waals surface area contributed by atoms with Gasteiger partial charge in [0.25, 0.3) is 0 Å². The summed E-state index contributed by atoms with van der Waals surface area (Å²) in [6.45, 7) is 6.86. The van der Waals surface area contributed by atoms with Gasteiger partial charge in [-0.3, -0.25) is 9.69 Å². The van der Waals surface area contributed by atoms with Crippen molar-refractivity contribution < 1.29 is 14.3 Å². The highest BCUT2D eigenvalue weighted by Crippen LogP contribution is 2.28. The van der Waals surface area contributed by atoms with Gasteiger partial charge in [0.2, 0.25) is 5.91 Å². The van der Waals surface area contributed by atoms with E-state index in [0.717, 1.165) is 25.2 Å². The summed E-state index contributed by atoms with van der Waals surface area (Å²) >= 11 is 0. The van der Waals surface area contributed by atoms with Crippen LogP contribution in [0.15, 0.2) is 0 Å². The Morgan fingerprint density at radius 1 is 1.13 bits per heavy atom. The van der Waals surface area contributed by atoms with Crippen LogP contribution in [0.5, 0.6) is 0 Å². The molecule has 2 rings (SSSR count). The molecule has 1 saturated heterocycles. The first kappa shape index (κ1) is 18.1. The molecule has 23 heavy (non-hydrogen) atoms. The Hall–Kier alpha value is -1.26. The molecule has 1 saturated carbocycles. The highest BCUT2D eigenvalue weighted by atomic mass is 16.6. The topological polar surface area (TPSA) is 58.6 Å². The lowest BCUT2D eigenvalue weighted by atomic mass is 10.0. The van der Waals surface area contributed by atoms with E-state index in [9.17, 15) is 9.59 Å². The van der Waals surface area contributed by atoms with Gasteiger partial charge in [-0.1, -0.05) is 25.7 Å². The molecule has 132 valence electrons. The minimum atomic E-state index is -0.526. The molecule has 1 heterocycles. The zero-order chi connectivity index (χ0) is 16.9. The van der Waals surface area contributed by atoms with Gasteiger partial charge in [-0.15, -0.1) is 0 Å². The van der Waals surface area contributed by atoms with Crippen molar-refractivity contribution in [3.8, 4) is 0 Å². The van der Waals surface area contributed by atoms with E-state index in [0.29, 0.717) is 13.1 Å². The quantitative estimate of drug-likeness (QED) is 0.788. The van der Waals surface area contributed by atoms with Crippen molar-refractivity contribution in [3.05, 3.63) is 0 Å². The maximum absolute atomic E-state index is 12.4. The summed E-state index contributed by atoms with van der Waals surface area (Å²) in [7, 11) is 0. The number of likely N-dealkylation sites (tertiary alicyclic amines) is 1. The fourth-order valence-corrected chi connectivity index (χ4v) is 3.60. The Balaban J connectivity index is 1.72. The van der Waals surface area contributed by atoms with Gasteiger partial charge in [0.05, 0.1) is 0 Å². The van der Waals surface area contributed by atoms with Gasteiger partial charge in [-0.2, -0.15) is 0 Å². The summed E-state index contributed by atoms with van der Waals surface area (Å²) in [5.74, 6) is 0.830. The molecule has 0 spiro atoms. The number of hydrogen-bond donors (Lipinski definition) is 1. The molecule has 1 atom stereocenters. The smallest absolute Gasteiger partial charge is 0.410 e. The van der Waals surface area contributed by atoms with Crippen LogP contribution in [0.25, 0.3) is 0 Å². The molecule has 1 aliphatic carbocycles. The summed E-state index contributed by atoms with van der Waals surface area (Å²) in [5, 5.41) is 3.01. The van der Waals surface area contributed by atoms with Gasteiger partial charge < -0.3 is 10.1 Å². The molecule has 1 aliphatic heterocycles. The predicted molar refractivity (Wildman–Crippen MR) is 90.2 cm³/mol. The number of ether oxygens (including phenoxy) is 1. The van der Waals surface area contributed by atoms with Crippen LogP contribution in [0.2, 0.25) is 0 Å². The zero-order valence-electron chi connectivity index (χ0n) is 14.9. The number of carbonyl (C=O) groups excluding carboxylic acids is 2. The van der Waals surface area contributed by atoms with E-state index in [1.807, 2.05) is 20.8 Å². The second-order valence-electron chi connectivity index (χ2n) is 7.92. The fourth-order valence-electron chi connectivity index (χ4n) is 3.60. The molecular formula is C18H32N2O3.